The van der Waals surface area contributed by atoms with Gasteiger partial charge in [-0.25, -0.2) is 18.1 Å². The van der Waals surface area contributed by atoms with E-state index in [0.717, 1.165) is 57.3 Å². The van der Waals surface area contributed by atoms with Gasteiger partial charge in [0.1, 0.15) is 0 Å². The van der Waals surface area contributed by atoms with Crippen LogP contribution in [-0.4, -0.2) is 71.8 Å². The third kappa shape index (κ3) is 7.86. The van der Waals surface area contributed by atoms with Crippen molar-refractivity contribution >= 4 is 16.0 Å². The maximum absolute atomic E-state index is 11.8. The Balaban J connectivity index is 2.00. The molecule has 1 aromatic carbocycles. The summed E-state index contributed by atoms with van der Waals surface area (Å²) in [5, 5.41) is 6.79. The van der Waals surface area contributed by atoms with Crippen LogP contribution in [0.1, 0.15) is 32.8 Å². The smallest absolute Gasteiger partial charge is 0.240 e. The summed E-state index contributed by atoms with van der Waals surface area (Å²) in [6, 6.07) is 7.24. The monoisotopic (exact) mass is 439 g/mol. The highest BCUT2D eigenvalue weighted by Crippen LogP contribution is 2.13. The molecule has 0 saturated carbocycles. The minimum atomic E-state index is -3.42. The van der Waals surface area contributed by atoms with Gasteiger partial charge in [0.05, 0.1) is 24.7 Å². The summed E-state index contributed by atoms with van der Waals surface area (Å²) in [6.45, 7) is 12.1. The molecule has 0 spiro atoms. The molecule has 0 aromatic heterocycles. The second-order valence-corrected chi connectivity index (χ2v) is 9.75. The van der Waals surface area contributed by atoms with E-state index in [-0.39, 0.29) is 4.90 Å². The first-order valence-corrected chi connectivity index (χ1v) is 12.2. The number of morpholine rings is 1. The van der Waals surface area contributed by atoms with E-state index in [9.17, 15) is 8.42 Å². The van der Waals surface area contributed by atoms with Crippen LogP contribution >= 0.6 is 0 Å². The lowest BCUT2D eigenvalue weighted by atomic mass is 10.0. The Morgan fingerprint density at radius 2 is 1.83 bits per heavy atom. The predicted octanol–water partition coefficient (Wildman–Crippen LogP) is 1.40. The Morgan fingerprint density at radius 3 is 2.40 bits per heavy atom. The van der Waals surface area contributed by atoms with Crippen molar-refractivity contribution < 1.29 is 13.2 Å². The van der Waals surface area contributed by atoms with Gasteiger partial charge < -0.3 is 15.4 Å². The number of hydrogen-bond donors (Lipinski definition) is 3. The Bertz CT molecular complexity index is 759. The molecular formula is C21H37N5O3S. The van der Waals surface area contributed by atoms with E-state index in [1.807, 2.05) is 6.92 Å². The number of ether oxygens (including phenoxy) is 1. The fourth-order valence-corrected chi connectivity index (χ4v) is 4.20. The van der Waals surface area contributed by atoms with Gasteiger partial charge in [-0.3, -0.25) is 4.90 Å². The van der Waals surface area contributed by atoms with Gasteiger partial charge in [-0.1, -0.05) is 26.0 Å². The SMILES string of the molecule is CCNC(=NCc1ccc(S(=O)(=O)NC)cc1)NCC(CC(C)C)N1CCOCC1. The molecule has 30 heavy (non-hydrogen) atoms. The highest BCUT2D eigenvalue weighted by Gasteiger charge is 2.22. The lowest BCUT2D eigenvalue weighted by Gasteiger charge is -2.35. The molecule has 1 fully saturated rings. The molecule has 1 aliphatic heterocycles. The van der Waals surface area contributed by atoms with Crippen molar-refractivity contribution in [2.75, 3.05) is 46.4 Å². The van der Waals surface area contributed by atoms with E-state index in [4.69, 9.17) is 4.74 Å². The molecule has 0 aliphatic carbocycles. The average Bonchev–Trinajstić information content (AvgIpc) is 2.75. The van der Waals surface area contributed by atoms with Crippen LogP contribution in [0.3, 0.4) is 0 Å². The van der Waals surface area contributed by atoms with Crippen molar-refractivity contribution in [2.45, 2.75) is 44.7 Å². The van der Waals surface area contributed by atoms with Gasteiger partial charge in [0.2, 0.25) is 10.0 Å². The van der Waals surface area contributed by atoms with E-state index < -0.39 is 10.0 Å². The Morgan fingerprint density at radius 1 is 1.17 bits per heavy atom. The van der Waals surface area contributed by atoms with E-state index in [1.54, 1.807) is 24.3 Å². The number of benzene rings is 1. The first kappa shape index (κ1) is 24.6. The van der Waals surface area contributed by atoms with Crippen molar-refractivity contribution in [1.82, 2.24) is 20.3 Å². The standard InChI is InChI=1S/C21H37N5O3S/c1-5-23-21(24-15-18-6-8-20(9-7-18)30(27,28)22-4)25-16-19(14-17(2)3)26-10-12-29-13-11-26/h6-9,17,19,22H,5,10-16H2,1-4H3,(H2,23,24,25). The van der Waals surface area contributed by atoms with Crippen LogP contribution < -0.4 is 15.4 Å². The molecule has 8 nitrogen and oxygen atoms in total. The Labute approximate surface area is 181 Å². The zero-order valence-corrected chi connectivity index (χ0v) is 19.5. The molecular weight excluding hydrogens is 402 g/mol. The molecule has 3 N–H and O–H groups in total. The topological polar surface area (TPSA) is 95.1 Å². The second kappa shape index (κ2) is 12.2. The lowest BCUT2D eigenvalue weighted by Crippen LogP contribution is -2.51. The van der Waals surface area contributed by atoms with Gasteiger partial charge in [0, 0.05) is 32.2 Å². The van der Waals surface area contributed by atoms with Crippen LogP contribution in [0.4, 0.5) is 0 Å². The quantitative estimate of drug-likeness (QED) is 0.377. The van der Waals surface area contributed by atoms with Crippen molar-refractivity contribution in [3.05, 3.63) is 29.8 Å². The van der Waals surface area contributed by atoms with Gasteiger partial charge in [0.25, 0.3) is 0 Å². The van der Waals surface area contributed by atoms with E-state index in [0.29, 0.717) is 18.5 Å². The molecule has 1 heterocycles. The van der Waals surface area contributed by atoms with Crippen LogP contribution in [-0.2, 0) is 21.3 Å². The number of guanidine groups is 1. The fraction of sp³-hybridized carbons (Fsp3) is 0.667. The third-order valence-electron chi connectivity index (χ3n) is 5.08. The van der Waals surface area contributed by atoms with E-state index in [2.05, 4.69) is 39.1 Å². The molecule has 1 unspecified atom stereocenters. The Hall–Kier alpha value is -1.68. The predicted molar refractivity (Wildman–Crippen MR) is 121 cm³/mol. The molecule has 9 heteroatoms. The Kier molecular flexibility index (Phi) is 10.0. The second-order valence-electron chi connectivity index (χ2n) is 7.86. The summed E-state index contributed by atoms with van der Waals surface area (Å²) in [5.74, 6) is 1.39. The van der Waals surface area contributed by atoms with Crippen molar-refractivity contribution in [1.29, 1.82) is 0 Å². The third-order valence-corrected chi connectivity index (χ3v) is 6.51. The minimum absolute atomic E-state index is 0.254. The molecule has 0 amide bonds. The van der Waals surface area contributed by atoms with E-state index in [1.165, 1.54) is 7.05 Å². The van der Waals surface area contributed by atoms with Crippen LogP contribution in [0, 0.1) is 5.92 Å². The van der Waals surface area contributed by atoms with E-state index >= 15 is 0 Å². The van der Waals surface area contributed by atoms with Gasteiger partial charge in [-0.2, -0.15) is 0 Å². The van der Waals surface area contributed by atoms with Crippen molar-refractivity contribution in [2.24, 2.45) is 10.9 Å². The minimum Gasteiger partial charge on any atom is -0.379 e. The molecule has 2 rings (SSSR count). The zero-order valence-electron chi connectivity index (χ0n) is 18.6. The molecule has 1 aliphatic rings. The summed E-state index contributed by atoms with van der Waals surface area (Å²) < 4.78 is 31.5. The van der Waals surface area contributed by atoms with Crippen LogP contribution in [0.15, 0.2) is 34.2 Å². The first-order chi connectivity index (χ1) is 14.4. The van der Waals surface area contributed by atoms with Gasteiger partial charge >= 0.3 is 0 Å². The summed E-state index contributed by atoms with van der Waals surface area (Å²) in [7, 11) is -2.01. The highest BCUT2D eigenvalue weighted by atomic mass is 32.2. The summed E-state index contributed by atoms with van der Waals surface area (Å²) in [5.41, 5.74) is 0.953. The van der Waals surface area contributed by atoms with Crippen LogP contribution in [0.25, 0.3) is 0 Å². The molecule has 1 aromatic rings. The van der Waals surface area contributed by atoms with Crippen molar-refractivity contribution in [3.63, 3.8) is 0 Å². The first-order valence-electron chi connectivity index (χ1n) is 10.7. The van der Waals surface area contributed by atoms with Crippen molar-refractivity contribution in [3.8, 4) is 0 Å². The molecule has 0 bridgehead atoms. The largest absolute Gasteiger partial charge is 0.379 e. The van der Waals surface area contributed by atoms with Crippen LogP contribution in [0.5, 0.6) is 0 Å². The molecule has 1 saturated heterocycles. The molecule has 170 valence electrons. The number of rotatable bonds is 10. The average molecular weight is 440 g/mol. The summed E-state index contributed by atoms with van der Waals surface area (Å²) in [6.07, 6.45) is 1.12. The summed E-state index contributed by atoms with van der Waals surface area (Å²) >= 11 is 0. The van der Waals surface area contributed by atoms with Gasteiger partial charge in [0.15, 0.2) is 5.96 Å². The fourth-order valence-electron chi connectivity index (χ4n) is 3.47. The lowest BCUT2D eigenvalue weighted by molar-refractivity contribution is 0.0132. The van der Waals surface area contributed by atoms with Gasteiger partial charge in [-0.05, 0) is 44.0 Å². The van der Waals surface area contributed by atoms with Crippen LogP contribution in [0.2, 0.25) is 0 Å². The number of aliphatic imine (C=N–C) groups is 1. The normalized spacial score (nSPS) is 17.2. The number of nitrogens with zero attached hydrogens (tertiary/aromatic N) is 2. The maximum Gasteiger partial charge on any atom is 0.240 e. The van der Waals surface area contributed by atoms with Gasteiger partial charge in [-0.15, -0.1) is 0 Å². The zero-order chi connectivity index (χ0) is 22.0. The number of sulfonamides is 1. The number of nitrogens with one attached hydrogen (secondary N) is 3. The molecule has 1 atom stereocenters. The highest BCUT2D eigenvalue weighted by molar-refractivity contribution is 7.89. The number of hydrogen-bond acceptors (Lipinski definition) is 5. The molecule has 0 radical (unpaired) electrons. The summed E-state index contributed by atoms with van der Waals surface area (Å²) in [4.78, 5) is 7.43. The maximum atomic E-state index is 11.8.